The number of thiophene rings is 1. The maximum Gasteiger partial charge on any atom is 0.227 e. The molecule has 3 aliphatic rings. The van der Waals surface area contributed by atoms with Crippen LogP contribution in [0.4, 0.5) is 0 Å². The lowest BCUT2D eigenvalue weighted by atomic mass is 9.90. The minimum atomic E-state index is 0.159. The van der Waals surface area contributed by atoms with Crippen molar-refractivity contribution in [3.8, 4) is 0 Å². The van der Waals surface area contributed by atoms with E-state index >= 15 is 0 Å². The first-order valence-corrected chi connectivity index (χ1v) is 13.0. The maximum absolute atomic E-state index is 13.2. The molecule has 3 heterocycles. The third kappa shape index (κ3) is 5.22. The van der Waals surface area contributed by atoms with E-state index < -0.39 is 0 Å². The van der Waals surface area contributed by atoms with E-state index in [0.717, 1.165) is 70.0 Å². The SMILES string of the molecule is O=C(Cc1cccs1)N1CCC2(CC1)C[C@H]2C(=O)N1CCN(C/C=C/c2ccccc2)CC1. The summed E-state index contributed by atoms with van der Waals surface area (Å²) in [4.78, 5) is 33.4. The lowest BCUT2D eigenvalue weighted by Crippen LogP contribution is -2.49. The molecule has 1 atom stereocenters. The molecule has 1 aromatic heterocycles. The number of likely N-dealkylation sites (tertiary alicyclic amines) is 1. The minimum Gasteiger partial charge on any atom is -0.342 e. The van der Waals surface area contributed by atoms with Gasteiger partial charge < -0.3 is 9.80 Å². The number of nitrogens with zero attached hydrogens (tertiary/aromatic N) is 3. The zero-order chi connectivity index (χ0) is 22.7. The number of hydrogen-bond donors (Lipinski definition) is 0. The molecule has 5 nitrogen and oxygen atoms in total. The highest BCUT2D eigenvalue weighted by Crippen LogP contribution is 2.60. The average molecular weight is 464 g/mol. The van der Waals surface area contributed by atoms with Gasteiger partial charge in [0, 0.05) is 56.6 Å². The molecular formula is C27H33N3O2S. The van der Waals surface area contributed by atoms with Crippen LogP contribution in [0, 0.1) is 11.3 Å². The fraction of sp³-hybridized carbons (Fsp3) is 0.481. The van der Waals surface area contributed by atoms with Crippen molar-refractivity contribution in [3.05, 3.63) is 64.4 Å². The smallest absolute Gasteiger partial charge is 0.227 e. The molecule has 2 aliphatic heterocycles. The Balaban J connectivity index is 1.04. The summed E-state index contributed by atoms with van der Waals surface area (Å²) < 4.78 is 0. The van der Waals surface area contributed by atoms with Crippen LogP contribution in [0.1, 0.15) is 29.7 Å². The van der Waals surface area contributed by atoms with Crippen LogP contribution in [-0.4, -0.2) is 72.3 Å². The second-order valence-corrected chi connectivity index (χ2v) is 10.7. The molecule has 174 valence electrons. The molecule has 33 heavy (non-hydrogen) atoms. The summed E-state index contributed by atoms with van der Waals surface area (Å²) >= 11 is 1.65. The van der Waals surface area contributed by atoms with Crippen LogP contribution in [0.5, 0.6) is 0 Å². The summed E-state index contributed by atoms with van der Waals surface area (Å²) in [6.45, 7) is 6.07. The first kappa shape index (κ1) is 22.4. The van der Waals surface area contributed by atoms with E-state index in [1.165, 1.54) is 5.56 Å². The van der Waals surface area contributed by atoms with Crippen molar-refractivity contribution in [1.29, 1.82) is 0 Å². The summed E-state index contributed by atoms with van der Waals surface area (Å²) in [6.07, 6.45) is 7.86. The van der Waals surface area contributed by atoms with Gasteiger partial charge in [-0.3, -0.25) is 14.5 Å². The van der Waals surface area contributed by atoms with Gasteiger partial charge in [-0.15, -0.1) is 11.3 Å². The highest BCUT2D eigenvalue weighted by Gasteiger charge is 2.59. The zero-order valence-corrected chi connectivity index (χ0v) is 20.0. The minimum absolute atomic E-state index is 0.159. The normalized spacial score (nSPS) is 22.7. The standard InChI is InChI=1S/C27H33N3O2S/c31-25(20-23-9-5-19-33-23)29-13-10-27(11-14-29)21-24(27)26(32)30-17-15-28(16-18-30)12-4-8-22-6-2-1-3-7-22/h1-9,19,24H,10-18,20-21H2/b8-4+/t24-/m0/s1. The first-order valence-electron chi connectivity index (χ1n) is 12.2. The molecule has 0 bridgehead atoms. The number of amides is 2. The van der Waals surface area contributed by atoms with Crippen molar-refractivity contribution in [2.24, 2.45) is 11.3 Å². The fourth-order valence-electron chi connectivity index (χ4n) is 5.40. The van der Waals surface area contributed by atoms with Crippen molar-refractivity contribution < 1.29 is 9.59 Å². The highest BCUT2D eigenvalue weighted by molar-refractivity contribution is 7.10. The lowest BCUT2D eigenvalue weighted by Gasteiger charge is -2.36. The van der Waals surface area contributed by atoms with Gasteiger partial charge >= 0.3 is 0 Å². The molecule has 6 heteroatoms. The summed E-state index contributed by atoms with van der Waals surface area (Å²) in [5, 5.41) is 2.02. The number of piperidine rings is 1. The Hall–Kier alpha value is -2.44. The Kier molecular flexibility index (Phi) is 6.65. The van der Waals surface area contributed by atoms with Gasteiger partial charge in [-0.1, -0.05) is 48.6 Å². The molecule has 1 saturated carbocycles. The van der Waals surface area contributed by atoms with E-state index in [0.29, 0.717) is 12.3 Å². The van der Waals surface area contributed by atoms with Gasteiger partial charge in [0.15, 0.2) is 0 Å². The largest absolute Gasteiger partial charge is 0.342 e. The quantitative estimate of drug-likeness (QED) is 0.655. The molecule has 1 spiro atoms. The number of rotatable bonds is 6. The van der Waals surface area contributed by atoms with Gasteiger partial charge in [0.2, 0.25) is 11.8 Å². The van der Waals surface area contributed by atoms with Crippen molar-refractivity contribution in [3.63, 3.8) is 0 Å². The monoisotopic (exact) mass is 463 g/mol. The molecule has 1 aliphatic carbocycles. The van der Waals surface area contributed by atoms with Crippen molar-refractivity contribution >= 4 is 29.2 Å². The number of carbonyl (C=O) groups is 2. The van der Waals surface area contributed by atoms with Crippen LogP contribution in [0.3, 0.4) is 0 Å². The number of piperazine rings is 1. The molecule has 0 unspecified atom stereocenters. The summed E-state index contributed by atoms with van der Waals surface area (Å²) in [6, 6.07) is 14.4. The molecule has 2 aromatic rings. The Morgan fingerprint density at radius 1 is 0.939 bits per heavy atom. The maximum atomic E-state index is 13.2. The van der Waals surface area contributed by atoms with Crippen molar-refractivity contribution in [2.75, 3.05) is 45.8 Å². The van der Waals surface area contributed by atoms with Gasteiger partial charge in [-0.25, -0.2) is 0 Å². The van der Waals surface area contributed by atoms with Crippen molar-refractivity contribution in [1.82, 2.24) is 14.7 Å². The highest BCUT2D eigenvalue weighted by atomic mass is 32.1. The molecule has 0 N–H and O–H groups in total. The Bertz CT molecular complexity index is 972. The molecule has 5 rings (SSSR count). The van der Waals surface area contributed by atoms with Crippen molar-refractivity contribution in [2.45, 2.75) is 25.7 Å². The van der Waals surface area contributed by atoms with Gasteiger partial charge in [0.05, 0.1) is 6.42 Å². The molecular weight excluding hydrogens is 430 g/mol. The van der Waals surface area contributed by atoms with E-state index in [1.54, 1.807) is 11.3 Å². The zero-order valence-electron chi connectivity index (χ0n) is 19.2. The fourth-order valence-corrected chi connectivity index (χ4v) is 6.09. The predicted molar refractivity (Wildman–Crippen MR) is 133 cm³/mol. The Labute approximate surface area is 200 Å². The molecule has 3 fully saturated rings. The summed E-state index contributed by atoms with van der Waals surface area (Å²) in [7, 11) is 0. The van der Waals surface area contributed by atoms with E-state index in [4.69, 9.17) is 0 Å². The third-order valence-electron chi connectivity index (χ3n) is 7.66. The molecule has 2 amide bonds. The molecule has 0 radical (unpaired) electrons. The van der Waals surface area contributed by atoms with Crippen LogP contribution < -0.4 is 0 Å². The second-order valence-electron chi connectivity index (χ2n) is 9.69. The summed E-state index contributed by atoms with van der Waals surface area (Å²) in [5.74, 6) is 0.762. The van der Waals surface area contributed by atoms with E-state index in [-0.39, 0.29) is 17.2 Å². The van der Waals surface area contributed by atoms with Crippen LogP contribution in [0.2, 0.25) is 0 Å². The number of hydrogen-bond acceptors (Lipinski definition) is 4. The van der Waals surface area contributed by atoms with Crippen LogP contribution in [0.15, 0.2) is 53.9 Å². The van der Waals surface area contributed by atoms with E-state index in [9.17, 15) is 9.59 Å². The predicted octanol–water partition coefficient (Wildman–Crippen LogP) is 3.78. The van der Waals surface area contributed by atoms with Crippen LogP contribution >= 0.6 is 11.3 Å². The lowest BCUT2D eigenvalue weighted by molar-refractivity contribution is -0.135. The third-order valence-corrected chi connectivity index (χ3v) is 8.54. The van der Waals surface area contributed by atoms with Gasteiger partial charge in [-0.05, 0) is 41.7 Å². The average Bonchev–Trinajstić information content (AvgIpc) is 3.28. The second kappa shape index (κ2) is 9.82. The van der Waals surface area contributed by atoms with Crippen LogP contribution in [0.25, 0.3) is 6.08 Å². The molecule has 1 aromatic carbocycles. The van der Waals surface area contributed by atoms with Crippen LogP contribution in [-0.2, 0) is 16.0 Å². The van der Waals surface area contributed by atoms with E-state index in [2.05, 4.69) is 46.2 Å². The number of carbonyl (C=O) groups excluding carboxylic acids is 2. The first-order chi connectivity index (χ1) is 16.1. The van der Waals surface area contributed by atoms with Gasteiger partial charge in [0.25, 0.3) is 0 Å². The van der Waals surface area contributed by atoms with E-state index in [1.807, 2.05) is 28.5 Å². The Morgan fingerprint density at radius 2 is 1.70 bits per heavy atom. The molecule has 2 saturated heterocycles. The van der Waals surface area contributed by atoms with Gasteiger partial charge in [-0.2, -0.15) is 0 Å². The summed E-state index contributed by atoms with van der Waals surface area (Å²) in [5.41, 5.74) is 1.39. The van der Waals surface area contributed by atoms with Gasteiger partial charge in [0.1, 0.15) is 0 Å². The topological polar surface area (TPSA) is 43.9 Å². The number of benzene rings is 1. The Morgan fingerprint density at radius 3 is 2.39 bits per heavy atom.